The smallest absolute Gasteiger partial charge is 0.313 e. The molecule has 2 fully saturated rings. The maximum atomic E-state index is 11.6. The lowest BCUT2D eigenvalue weighted by Gasteiger charge is -2.12. The molecule has 0 aromatic heterocycles. The van der Waals surface area contributed by atoms with E-state index in [4.69, 9.17) is 10.5 Å². The predicted octanol–water partition coefficient (Wildman–Crippen LogP) is 0.924. The van der Waals surface area contributed by atoms with E-state index in [9.17, 15) is 4.79 Å². The zero-order valence-electron chi connectivity index (χ0n) is 8.08. The van der Waals surface area contributed by atoms with Crippen molar-refractivity contribution in [1.82, 2.24) is 0 Å². The summed E-state index contributed by atoms with van der Waals surface area (Å²) in [7, 11) is 0. The molecule has 74 valence electrons. The number of carbonyl (C=O) groups excluding carboxylic acids is 1. The molecule has 0 spiro atoms. The van der Waals surface area contributed by atoms with Crippen molar-refractivity contribution in [1.29, 1.82) is 0 Å². The minimum atomic E-state index is -0.281. The molecule has 2 rings (SSSR count). The number of ether oxygens (including phenoxy) is 1. The van der Waals surface area contributed by atoms with Crippen molar-refractivity contribution >= 4 is 5.97 Å². The predicted molar refractivity (Wildman–Crippen MR) is 49.0 cm³/mol. The van der Waals surface area contributed by atoms with Crippen LogP contribution in [0.25, 0.3) is 0 Å². The van der Waals surface area contributed by atoms with Gasteiger partial charge in [0.1, 0.15) is 0 Å². The van der Waals surface area contributed by atoms with Gasteiger partial charge in [-0.2, -0.15) is 0 Å². The van der Waals surface area contributed by atoms with Crippen LogP contribution in [0.1, 0.15) is 26.2 Å². The molecule has 0 amide bonds. The zero-order chi connectivity index (χ0) is 9.47. The molecule has 2 aliphatic rings. The minimum absolute atomic E-state index is 0.0607. The fourth-order valence-electron chi connectivity index (χ4n) is 2.28. The molecule has 3 nitrogen and oxygen atoms in total. The third kappa shape index (κ3) is 1.35. The molecular weight excluding hydrogens is 166 g/mol. The molecule has 0 saturated heterocycles. The number of hydrogen-bond donors (Lipinski definition) is 1. The highest BCUT2D eigenvalue weighted by atomic mass is 16.5. The van der Waals surface area contributed by atoms with Gasteiger partial charge < -0.3 is 10.5 Å². The number of nitrogens with two attached hydrogens (primary N) is 1. The highest BCUT2D eigenvalue weighted by Gasteiger charge is 2.64. The van der Waals surface area contributed by atoms with Gasteiger partial charge in [-0.15, -0.1) is 0 Å². The molecule has 2 unspecified atom stereocenters. The summed E-state index contributed by atoms with van der Waals surface area (Å²) >= 11 is 0. The maximum absolute atomic E-state index is 11.6. The summed E-state index contributed by atoms with van der Waals surface area (Å²) in [6.07, 6.45) is 3.53. The van der Waals surface area contributed by atoms with Crippen LogP contribution >= 0.6 is 0 Å². The van der Waals surface area contributed by atoms with E-state index in [-0.39, 0.29) is 11.4 Å². The van der Waals surface area contributed by atoms with Crippen molar-refractivity contribution in [3.05, 3.63) is 0 Å². The molecule has 0 aliphatic heterocycles. The van der Waals surface area contributed by atoms with Gasteiger partial charge in [0.2, 0.25) is 0 Å². The summed E-state index contributed by atoms with van der Waals surface area (Å²) in [6.45, 7) is 2.78. The van der Waals surface area contributed by atoms with Crippen molar-refractivity contribution in [3.8, 4) is 0 Å². The molecule has 3 heteroatoms. The van der Waals surface area contributed by atoms with Crippen LogP contribution in [0.2, 0.25) is 0 Å². The topological polar surface area (TPSA) is 52.3 Å². The molecule has 13 heavy (non-hydrogen) atoms. The fraction of sp³-hybridized carbons (Fsp3) is 0.900. The summed E-state index contributed by atoms with van der Waals surface area (Å²) in [5.41, 5.74) is 5.37. The molecule has 0 radical (unpaired) electrons. The highest BCUT2D eigenvalue weighted by Crippen LogP contribution is 2.62. The Morgan fingerprint density at radius 3 is 2.77 bits per heavy atom. The van der Waals surface area contributed by atoms with Crippen LogP contribution in [0.5, 0.6) is 0 Å². The first-order valence-electron chi connectivity index (χ1n) is 5.12. The average molecular weight is 183 g/mol. The van der Waals surface area contributed by atoms with E-state index in [1.54, 1.807) is 0 Å². The van der Waals surface area contributed by atoms with Crippen LogP contribution < -0.4 is 5.73 Å². The number of carbonyl (C=O) groups is 1. The van der Waals surface area contributed by atoms with Gasteiger partial charge in [0.25, 0.3) is 0 Å². The maximum Gasteiger partial charge on any atom is 0.313 e. The van der Waals surface area contributed by atoms with Crippen LogP contribution in [0.15, 0.2) is 0 Å². The van der Waals surface area contributed by atoms with Crippen LogP contribution in [0.4, 0.5) is 0 Å². The van der Waals surface area contributed by atoms with Crippen LogP contribution in [0, 0.1) is 17.3 Å². The van der Waals surface area contributed by atoms with Crippen LogP contribution in [0.3, 0.4) is 0 Å². The second kappa shape index (κ2) is 2.98. The Balaban J connectivity index is 1.97. The van der Waals surface area contributed by atoms with E-state index in [1.807, 2.05) is 6.92 Å². The minimum Gasteiger partial charge on any atom is -0.466 e. The van der Waals surface area contributed by atoms with Gasteiger partial charge in [0, 0.05) is 6.54 Å². The van der Waals surface area contributed by atoms with E-state index in [2.05, 4.69) is 0 Å². The van der Waals surface area contributed by atoms with Gasteiger partial charge in [-0.3, -0.25) is 4.79 Å². The molecule has 0 heterocycles. The van der Waals surface area contributed by atoms with Crippen molar-refractivity contribution in [3.63, 3.8) is 0 Å². The van der Waals surface area contributed by atoms with Gasteiger partial charge in [-0.25, -0.2) is 0 Å². The van der Waals surface area contributed by atoms with Gasteiger partial charge in [-0.05, 0) is 38.0 Å². The summed E-state index contributed by atoms with van der Waals surface area (Å²) in [5.74, 6) is 1.25. The molecule has 0 aromatic rings. The Morgan fingerprint density at radius 1 is 1.62 bits per heavy atom. The molecule has 2 saturated carbocycles. The van der Waals surface area contributed by atoms with Gasteiger partial charge in [0.15, 0.2) is 0 Å². The molecule has 2 aliphatic carbocycles. The monoisotopic (exact) mass is 183 g/mol. The lowest BCUT2D eigenvalue weighted by Crippen LogP contribution is -2.29. The Kier molecular flexibility index (Phi) is 2.06. The third-order valence-corrected chi connectivity index (χ3v) is 3.37. The first kappa shape index (κ1) is 9.00. The van der Waals surface area contributed by atoms with E-state index in [0.29, 0.717) is 19.1 Å². The Hall–Kier alpha value is -0.570. The van der Waals surface area contributed by atoms with Crippen molar-refractivity contribution in [2.24, 2.45) is 23.0 Å². The van der Waals surface area contributed by atoms with Gasteiger partial charge in [-0.1, -0.05) is 0 Å². The van der Waals surface area contributed by atoms with Crippen molar-refractivity contribution in [2.45, 2.75) is 26.2 Å². The second-order valence-electron chi connectivity index (χ2n) is 4.23. The van der Waals surface area contributed by atoms with E-state index >= 15 is 0 Å². The van der Waals surface area contributed by atoms with Crippen LogP contribution in [-0.2, 0) is 9.53 Å². The van der Waals surface area contributed by atoms with Crippen molar-refractivity contribution < 1.29 is 9.53 Å². The normalized spacial score (nSPS) is 37.2. The lowest BCUT2D eigenvalue weighted by atomic mass is 10.0. The molecule has 0 bridgehead atoms. The van der Waals surface area contributed by atoms with E-state index in [0.717, 1.165) is 12.3 Å². The Morgan fingerprint density at radius 2 is 2.31 bits per heavy atom. The molecule has 2 N–H and O–H groups in total. The Bertz CT molecular complexity index is 225. The molecule has 2 atom stereocenters. The van der Waals surface area contributed by atoms with Crippen LogP contribution in [-0.4, -0.2) is 19.1 Å². The third-order valence-electron chi connectivity index (χ3n) is 3.37. The van der Waals surface area contributed by atoms with Gasteiger partial charge in [0.05, 0.1) is 12.0 Å². The largest absolute Gasteiger partial charge is 0.466 e. The Labute approximate surface area is 78.6 Å². The quantitative estimate of drug-likeness (QED) is 0.659. The first-order chi connectivity index (χ1) is 6.24. The van der Waals surface area contributed by atoms with E-state index in [1.165, 1.54) is 12.8 Å². The summed E-state index contributed by atoms with van der Waals surface area (Å²) in [6, 6.07) is 0. The fourth-order valence-corrected chi connectivity index (χ4v) is 2.28. The average Bonchev–Trinajstić information content (AvgIpc) is 2.99. The highest BCUT2D eigenvalue weighted by molar-refractivity contribution is 5.81. The molecule has 0 aromatic carbocycles. The lowest BCUT2D eigenvalue weighted by molar-refractivity contribution is -0.150. The van der Waals surface area contributed by atoms with Gasteiger partial charge >= 0.3 is 5.97 Å². The summed E-state index contributed by atoms with van der Waals surface area (Å²) in [4.78, 5) is 11.6. The SMILES string of the molecule is CCOC(=O)C1(CN)CC1C1CC1. The second-order valence-corrected chi connectivity index (χ2v) is 4.23. The van der Waals surface area contributed by atoms with Crippen molar-refractivity contribution in [2.75, 3.05) is 13.2 Å². The van der Waals surface area contributed by atoms with E-state index < -0.39 is 0 Å². The zero-order valence-corrected chi connectivity index (χ0v) is 8.08. The first-order valence-corrected chi connectivity index (χ1v) is 5.12. The number of esters is 1. The number of hydrogen-bond acceptors (Lipinski definition) is 3. The molecular formula is C10H17NO2. The standard InChI is InChI=1S/C10H17NO2/c1-2-13-9(12)10(6-11)5-8(10)7-3-4-7/h7-8H,2-6,11H2,1H3. The summed E-state index contributed by atoms with van der Waals surface area (Å²) < 4.78 is 5.05. The summed E-state index contributed by atoms with van der Waals surface area (Å²) in [5, 5.41) is 0. The number of rotatable bonds is 4.